The zero-order chi connectivity index (χ0) is 21.2. The van der Waals surface area contributed by atoms with Gasteiger partial charge in [-0.1, -0.05) is 45.0 Å². The Labute approximate surface area is 180 Å². The summed E-state index contributed by atoms with van der Waals surface area (Å²) in [5, 5.41) is 11.1. The molecule has 30 heavy (non-hydrogen) atoms. The lowest BCUT2D eigenvalue weighted by molar-refractivity contribution is -0.171. The molecular weight excluding hydrogens is 372 g/mol. The monoisotopic (exact) mass is 408 g/mol. The maximum absolute atomic E-state index is 12.6. The molecule has 3 heteroatoms. The minimum absolute atomic E-state index is 0.0302. The first-order chi connectivity index (χ1) is 14.2. The van der Waals surface area contributed by atoms with Crippen molar-refractivity contribution < 1.29 is 14.6 Å². The summed E-state index contributed by atoms with van der Waals surface area (Å²) >= 11 is 0. The topological polar surface area (TPSA) is 46.5 Å². The van der Waals surface area contributed by atoms with Crippen LogP contribution in [0.2, 0.25) is 0 Å². The average Bonchev–Trinajstić information content (AvgIpc) is 2.90. The third-order valence-electron chi connectivity index (χ3n) is 9.82. The van der Waals surface area contributed by atoms with Gasteiger partial charge < -0.3 is 9.84 Å². The van der Waals surface area contributed by atoms with Crippen LogP contribution in [0.15, 0.2) is 42.5 Å². The van der Waals surface area contributed by atoms with E-state index in [4.69, 9.17) is 4.74 Å². The molecule has 4 aliphatic rings. The Hall–Kier alpha value is -1.61. The molecule has 1 aromatic carbocycles. The normalized spacial score (nSPS) is 44.8. The fraction of sp³-hybridized carbons (Fsp3) is 0.667. The van der Waals surface area contributed by atoms with Gasteiger partial charge in [0, 0.05) is 5.41 Å². The van der Waals surface area contributed by atoms with Crippen molar-refractivity contribution >= 4 is 5.97 Å². The highest BCUT2D eigenvalue weighted by atomic mass is 16.5. The quantitative estimate of drug-likeness (QED) is 0.498. The molecule has 0 unspecified atom stereocenters. The number of carbonyl (C=O) groups excluding carboxylic acids is 1. The van der Waals surface area contributed by atoms with Crippen LogP contribution in [0.25, 0.3) is 0 Å². The van der Waals surface area contributed by atoms with E-state index in [9.17, 15) is 9.90 Å². The summed E-state index contributed by atoms with van der Waals surface area (Å²) in [7, 11) is 0. The number of aliphatic hydroxyl groups is 1. The molecule has 0 radical (unpaired) electrons. The zero-order valence-electron chi connectivity index (χ0n) is 18.6. The number of esters is 1. The van der Waals surface area contributed by atoms with E-state index in [1.165, 1.54) is 25.7 Å². The molecule has 162 valence electrons. The van der Waals surface area contributed by atoms with Gasteiger partial charge in [-0.3, -0.25) is 0 Å². The minimum atomic E-state index is -0.608. The molecule has 4 saturated carbocycles. The molecule has 5 rings (SSSR count). The van der Waals surface area contributed by atoms with E-state index >= 15 is 0 Å². The van der Waals surface area contributed by atoms with E-state index < -0.39 is 5.60 Å². The van der Waals surface area contributed by atoms with E-state index in [1.54, 1.807) is 0 Å². The number of hydrogen-bond acceptors (Lipinski definition) is 3. The molecule has 1 N–H and O–H groups in total. The van der Waals surface area contributed by atoms with Gasteiger partial charge in [0.25, 0.3) is 0 Å². The summed E-state index contributed by atoms with van der Waals surface area (Å²) in [6, 6.07) is 9.35. The standard InChI is InChI=1S/C27H36O3/c1-19-16-26-14-10-21-24(2,18-30-23(28)20-8-5-4-6-9-20)12-7-13-25(21,3)22(26)11-15-27(19,29)17-26/h4-6,8-9,21-22,29H,1,7,10-18H2,2-3H3/t21-,22+,24+,25-,26-,27+/m1/s1. The van der Waals surface area contributed by atoms with Gasteiger partial charge in [-0.2, -0.15) is 0 Å². The Morgan fingerprint density at radius 3 is 2.60 bits per heavy atom. The van der Waals surface area contributed by atoms with Crippen LogP contribution in [0.1, 0.15) is 82.0 Å². The molecule has 4 fully saturated rings. The van der Waals surface area contributed by atoms with Crippen LogP contribution in [0.3, 0.4) is 0 Å². The van der Waals surface area contributed by atoms with E-state index in [2.05, 4.69) is 20.4 Å². The van der Waals surface area contributed by atoms with Crippen molar-refractivity contribution in [1.29, 1.82) is 0 Å². The lowest BCUT2D eigenvalue weighted by Crippen LogP contribution is -2.58. The van der Waals surface area contributed by atoms with E-state index in [0.29, 0.717) is 24.0 Å². The van der Waals surface area contributed by atoms with Crippen molar-refractivity contribution in [2.45, 2.75) is 77.2 Å². The molecule has 0 saturated heterocycles. The van der Waals surface area contributed by atoms with Crippen LogP contribution in [0.5, 0.6) is 0 Å². The van der Waals surface area contributed by atoms with Gasteiger partial charge in [0.1, 0.15) is 0 Å². The molecule has 0 aromatic heterocycles. The van der Waals surface area contributed by atoms with Crippen LogP contribution in [0.4, 0.5) is 0 Å². The SMILES string of the molecule is C=C1C[C@@]23CC[C@@H]4[C@](C)(COC(=O)c5ccccc5)CCC[C@@]4(C)[C@@H]2CC[C@]1(O)C3. The van der Waals surface area contributed by atoms with E-state index in [0.717, 1.165) is 37.7 Å². The highest BCUT2D eigenvalue weighted by molar-refractivity contribution is 5.89. The maximum Gasteiger partial charge on any atom is 0.338 e. The van der Waals surface area contributed by atoms with Crippen LogP contribution < -0.4 is 0 Å². The summed E-state index contributed by atoms with van der Waals surface area (Å²) in [5.74, 6) is 1.01. The van der Waals surface area contributed by atoms with Crippen molar-refractivity contribution in [3.63, 3.8) is 0 Å². The third kappa shape index (κ3) is 2.84. The number of fused-ring (bicyclic) bond motifs is 3. The number of hydrogen-bond donors (Lipinski definition) is 1. The summed E-state index contributed by atoms with van der Waals surface area (Å²) in [5.41, 5.74) is 1.65. The molecule has 0 aliphatic heterocycles. The first-order valence-electron chi connectivity index (χ1n) is 11.8. The fourth-order valence-electron chi connectivity index (χ4n) is 8.55. The van der Waals surface area contributed by atoms with Gasteiger partial charge in [-0.15, -0.1) is 0 Å². The predicted molar refractivity (Wildman–Crippen MR) is 118 cm³/mol. The second kappa shape index (κ2) is 6.69. The van der Waals surface area contributed by atoms with Gasteiger partial charge in [-0.05, 0) is 91.7 Å². The van der Waals surface area contributed by atoms with Gasteiger partial charge in [-0.25, -0.2) is 4.79 Å². The second-order valence-electron chi connectivity index (χ2n) is 11.5. The molecular formula is C27H36O3. The minimum Gasteiger partial charge on any atom is -0.462 e. The van der Waals surface area contributed by atoms with Crippen molar-refractivity contribution in [3.05, 3.63) is 48.0 Å². The molecule has 2 bridgehead atoms. The van der Waals surface area contributed by atoms with Crippen molar-refractivity contribution in [2.24, 2.45) is 28.1 Å². The maximum atomic E-state index is 12.6. The largest absolute Gasteiger partial charge is 0.462 e. The number of carbonyl (C=O) groups is 1. The first-order valence-corrected chi connectivity index (χ1v) is 11.8. The lowest BCUT2D eigenvalue weighted by atomic mass is 9.41. The number of ether oxygens (including phenoxy) is 1. The second-order valence-corrected chi connectivity index (χ2v) is 11.5. The molecule has 0 amide bonds. The van der Waals surface area contributed by atoms with E-state index in [1.807, 2.05) is 30.3 Å². The first kappa shape index (κ1) is 20.3. The van der Waals surface area contributed by atoms with Crippen LogP contribution >= 0.6 is 0 Å². The van der Waals surface area contributed by atoms with Crippen LogP contribution in [-0.2, 0) is 4.74 Å². The Morgan fingerprint density at radius 1 is 1.10 bits per heavy atom. The summed E-state index contributed by atoms with van der Waals surface area (Å²) in [6.07, 6.45) is 9.87. The zero-order valence-corrected chi connectivity index (χ0v) is 18.6. The number of benzene rings is 1. The van der Waals surface area contributed by atoms with Crippen LogP contribution in [0, 0.1) is 28.1 Å². The van der Waals surface area contributed by atoms with E-state index in [-0.39, 0.29) is 22.2 Å². The Morgan fingerprint density at radius 2 is 1.83 bits per heavy atom. The predicted octanol–water partition coefficient (Wildman–Crippen LogP) is 5.93. The van der Waals surface area contributed by atoms with Crippen LogP contribution in [-0.4, -0.2) is 23.3 Å². The lowest BCUT2D eigenvalue weighted by Gasteiger charge is -2.64. The summed E-state index contributed by atoms with van der Waals surface area (Å²) in [4.78, 5) is 12.6. The van der Waals surface area contributed by atoms with Gasteiger partial charge in [0.05, 0.1) is 17.8 Å². The van der Waals surface area contributed by atoms with Gasteiger partial charge >= 0.3 is 5.97 Å². The molecule has 3 nitrogen and oxygen atoms in total. The molecule has 1 aromatic rings. The Kier molecular flexibility index (Phi) is 4.53. The molecule has 4 aliphatic carbocycles. The van der Waals surface area contributed by atoms with Crippen molar-refractivity contribution in [2.75, 3.05) is 6.61 Å². The average molecular weight is 409 g/mol. The van der Waals surface area contributed by atoms with Crippen molar-refractivity contribution in [3.8, 4) is 0 Å². The van der Waals surface area contributed by atoms with Gasteiger partial charge in [0.2, 0.25) is 0 Å². The molecule has 6 atom stereocenters. The summed E-state index contributed by atoms with van der Waals surface area (Å²) < 4.78 is 5.90. The Balaban J connectivity index is 1.38. The number of rotatable bonds is 3. The molecule has 0 heterocycles. The van der Waals surface area contributed by atoms with Gasteiger partial charge in [0.15, 0.2) is 0 Å². The highest BCUT2D eigenvalue weighted by Crippen LogP contribution is 2.72. The Bertz CT molecular complexity index is 862. The van der Waals surface area contributed by atoms with Crippen molar-refractivity contribution in [1.82, 2.24) is 0 Å². The highest BCUT2D eigenvalue weighted by Gasteiger charge is 2.66. The smallest absolute Gasteiger partial charge is 0.338 e. The fourth-order valence-corrected chi connectivity index (χ4v) is 8.55. The third-order valence-corrected chi connectivity index (χ3v) is 9.82. The summed E-state index contributed by atoms with van der Waals surface area (Å²) in [6.45, 7) is 9.67. The molecule has 1 spiro atoms.